The molecule has 4 heteroatoms. The highest BCUT2D eigenvalue weighted by Gasteiger charge is 2.36. The van der Waals surface area contributed by atoms with Gasteiger partial charge in [0.2, 0.25) is 0 Å². The second kappa shape index (κ2) is 5.40. The summed E-state index contributed by atoms with van der Waals surface area (Å²) in [5.41, 5.74) is 2.22. The fourth-order valence-electron chi connectivity index (χ4n) is 2.53. The molecule has 0 radical (unpaired) electrons. The van der Waals surface area contributed by atoms with Crippen LogP contribution in [0.25, 0.3) is 0 Å². The normalized spacial score (nSPS) is 22.8. The Morgan fingerprint density at radius 1 is 1.33 bits per heavy atom. The summed E-state index contributed by atoms with van der Waals surface area (Å²) in [4.78, 5) is 11.8. The Morgan fingerprint density at radius 2 is 2.11 bits per heavy atom. The van der Waals surface area contributed by atoms with Gasteiger partial charge in [0.1, 0.15) is 5.75 Å². The number of aryl methyl sites for hydroxylation is 1. The molecular weight excluding hydrogens is 230 g/mol. The predicted molar refractivity (Wildman–Crippen MR) is 68.8 cm³/mol. The maximum atomic E-state index is 11.8. The number of methoxy groups -OCH3 is 2. The highest BCUT2D eigenvalue weighted by molar-refractivity contribution is 5.74. The third-order valence-corrected chi connectivity index (χ3v) is 3.51. The van der Waals surface area contributed by atoms with Crippen LogP contribution in [0.2, 0.25) is 0 Å². The zero-order valence-electron chi connectivity index (χ0n) is 11.0. The summed E-state index contributed by atoms with van der Waals surface area (Å²) in [6, 6.07) is 6.09. The Bertz CT molecular complexity index is 445. The first-order valence-corrected chi connectivity index (χ1v) is 6.10. The van der Waals surface area contributed by atoms with Gasteiger partial charge in [-0.2, -0.15) is 0 Å². The molecule has 1 heterocycles. The number of hydrogen-bond acceptors (Lipinski definition) is 4. The maximum Gasteiger partial charge on any atom is 0.310 e. The van der Waals surface area contributed by atoms with Crippen LogP contribution in [0.5, 0.6) is 5.75 Å². The first kappa shape index (κ1) is 12.9. The standard InChI is InChI=1S/C14H19NO3/c1-9-4-5-10(13(6-9)17-2)11-7-15-8-12(11)14(16)18-3/h4-6,11-12,15H,7-8H2,1-3H3/t11-,12+/m0/s1. The Balaban J connectivity index is 2.32. The van der Waals surface area contributed by atoms with Gasteiger partial charge in [-0.1, -0.05) is 12.1 Å². The molecule has 0 bridgehead atoms. The van der Waals surface area contributed by atoms with E-state index in [9.17, 15) is 4.79 Å². The third kappa shape index (κ3) is 2.34. The van der Waals surface area contributed by atoms with E-state index >= 15 is 0 Å². The number of nitrogens with one attached hydrogen (secondary N) is 1. The molecule has 0 aromatic heterocycles. The topological polar surface area (TPSA) is 47.6 Å². The first-order valence-electron chi connectivity index (χ1n) is 6.10. The van der Waals surface area contributed by atoms with Crippen LogP contribution in [0.3, 0.4) is 0 Å². The van der Waals surface area contributed by atoms with Crippen molar-refractivity contribution in [2.24, 2.45) is 5.92 Å². The van der Waals surface area contributed by atoms with Crippen molar-refractivity contribution in [3.63, 3.8) is 0 Å². The highest BCUT2D eigenvalue weighted by Crippen LogP contribution is 2.35. The van der Waals surface area contributed by atoms with Crippen molar-refractivity contribution in [2.75, 3.05) is 27.3 Å². The van der Waals surface area contributed by atoms with Crippen LogP contribution >= 0.6 is 0 Å². The van der Waals surface area contributed by atoms with Crippen LogP contribution in [0.15, 0.2) is 18.2 Å². The number of rotatable bonds is 3. The minimum Gasteiger partial charge on any atom is -0.496 e. The van der Waals surface area contributed by atoms with Gasteiger partial charge < -0.3 is 14.8 Å². The largest absolute Gasteiger partial charge is 0.496 e. The van der Waals surface area contributed by atoms with Gasteiger partial charge >= 0.3 is 5.97 Å². The SMILES string of the molecule is COC(=O)[C@@H]1CNC[C@H]1c1ccc(C)cc1OC. The molecule has 1 aromatic rings. The molecule has 0 amide bonds. The lowest BCUT2D eigenvalue weighted by Gasteiger charge is -2.19. The van der Waals surface area contributed by atoms with Crippen LogP contribution in [0.4, 0.5) is 0 Å². The van der Waals surface area contributed by atoms with Crippen LogP contribution in [0.1, 0.15) is 17.0 Å². The van der Waals surface area contributed by atoms with Crippen molar-refractivity contribution in [1.82, 2.24) is 5.32 Å². The van der Waals surface area contributed by atoms with Crippen molar-refractivity contribution >= 4 is 5.97 Å². The summed E-state index contributed by atoms with van der Waals surface area (Å²) in [7, 11) is 3.10. The zero-order valence-corrected chi connectivity index (χ0v) is 11.0. The molecule has 18 heavy (non-hydrogen) atoms. The predicted octanol–water partition coefficient (Wildman–Crippen LogP) is 1.48. The molecule has 0 aliphatic carbocycles. The molecule has 1 saturated heterocycles. The monoisotopic (exact) mass is 249 g/mol. The van der Waals surface area contributed by atoms with Gasteiger partial charge in [0.15, 0.2) is 0 Å². The molecule has 1 aliphatic rings. The second-order valence-corrected chi connectivity index (χ2v) is 4.64. The molecule has 4 nitrogen and oxygen atoms in total. The smallest absolute Gasteiger partial charge is 0.310 e. The molecule has 2 atom stereocenters. The first-order chi connectivity index (χ1) is 8.67. The van der Waals surface area contributed by atoms with E-state index in [1.54, 1.807) is 7.11 Å². The van der Waals surface area contributed by atoms with Gasteiger partial charge in [-0.25, -0.2) is 0 Å². The van der Waals surface area contributed by atoms with Crippen molar-refractivity contribution in [1.29, 1.82) is 0 Å². The Kier molecular flexibility index (Phi) is 3.87. The van der Waals surface area contributed by atoms with E-state index in [1.165, 1.54) is 7.11 Å². The number of carbonyl (C=O) groups excluding carboxylic acids is 1. The van der Waals surface area contributed by atoms with Gasteiger partial charge in [0.25, 0.3) is 0 Å². The van der Waals surface area contributed by atoms with Crippen molar-refractivity contribution in [2.45, 2.75) is 12.8 Å². The van der Waals surface area contributed by atoms with E-state index in [4.69, 9.17) is 9.47 Å². The van der Waals surface area contributed by atoms with Crippen LogP contribution in [-0.4, -0.2) is 33.3 Å². The lowest BCUT2D eigenvalue weighted by molar-refractivity contribution is -0.145. The van der Waals surface area contributed by atoms with Crippen LogP contribution in [0, 0.1) is 12.8 Å². The molecular formula is C14H19NO3. The average molecular weight is 249 g/mol. The van der Waals surface area contributed by atoms with E-state index in [0.29, 0.717) is 6.54 Å². The molecule has 98 valence electrons. The minimum atomic E-state index is -0.160. The van der Waals surface area contributed by atoms with Gasteiger partial charge in [0, 0.05) is 19.0 Å². The highest BCUT2D eigenvalue weighted by atomic mass is 16.5. The van der Waals surface area contributed by atoms with Crippen molar-refractivity contribution < 1.29 is 14.3 Å². The molecule has 1 aliphatic heterocycles. The lowest BCUT2D eigenvalue weighted by Crippen LogP contribution is -2.23. The number of esters is 1. The average Bonchev–Trinajstić information content (AvgIpc) is 2.86. The quantitative estimate of drug-likeness (QED) is 0.824. The Hall–Kier alpha value is -1.55. The molecule has 0 spiro atoms. The van der Waals surface area contributed by atoms with Gasteiger partial charge in [-0.15, -0.1) is 0 Å². The fourth-order valence-corrected chi connectivity index (χ4v) is 2.53. The zero-order chi connectivity index (χ0) is 13.1. The Morgan fingerprint density at radius 3 is 2.78 bits per heavy atom. The summed E-state index contributed by atoms with van der Waals surface area (Å²) in [6.07, 6.45) is 0. The molecule has 1 aromatic carbocycles. The van der Waals surface area contributed by atoms with Crippen molar-refractivity contribution in [3.05, 3.63) is 29.3 Å². The molecule has 1 N–H and O–H groups in total. The fraction of sp³-hybridized carbons (Fsp3) is 0.500. The Labute approximate surface area is 107 Å². The number of carbonyl (C=O) groups is 1. The molecule has 2 rings (SSSR count). The van der Waals surface area contributed by atoms with E-state index in [-0.39, 0.29) is 17.8 Å². The van der Waals surface area contributed by atoms with Gasteiger partial charge in [-0.05, 0) is 24.1 Å². The summed E-state index contributed by atoms with van der Waals surface area (Å²) in [5, 5.41) is 3.25. The summed E-state index contributed by atoms with van der Waals surface area (Å²) < 4.78 is 10.3. The lowest BCUT2D eigenvalue weighted by atomic mass is 9.88. The van der Waals surface area contributed by atoms with Crippen LogP contribution < -0.4 is 10.1 Å². The van der Waals surface area contributed by atoms with Gasteiger partial charge in [-0.3, -0.25) is 4.79 Å². The molecule has 0 unspecified atom stereocenters. The van der Waals surface area contributed by atoms with E-state index in [2.05, 4.69) is 5.32 Å². The summed E-state index contributed by atoms with van der Waals surface area (Å²) >= 11 is 0. The van der Waals surface area contributed by atoms with Gasteiger partial charge in [0.05, 0.1) is 20.1 Å². The van der Waals surface area contributed by atoms with Crippen LogP contribution in [-0.2, 0) is 9.53 Å². The molecule has 1 fully saturated rings. The van der Waals surface area contributed by atoms with Crippen molar-refractivity contribution in [3.8, 4) is 5.75 Å². The number of ether oxygens (including phenoxy) is 2. The molecule has 0 saturated carbocycles. The summed E-state index contributed by atoms with van der Waals surface area (Å²) in [6.45, 7) is 3.46. The second-order valence-electron chi connectivity index (χ2n) is 4.64. The maximum absolute atomic E-state index is 11.8. The number of hydrogen-bond donors (Lipinski definition) is 1. The van der Waals surface area contributed by atoms with E-state index in [1.807, 2.05) is 25.1 Å². The van der Waals surface area contributed by atoms with E-state index in [0.717, 1.165) is 23.4 Å². The number of benzene rings is 1. The summed E-state index contributed by atoms with van der Waals surface area (Å²) in [5.74, 6) is 0.671. The van der Waals surface area contributed by atoms with E-state index < -0.39 is 0 Å². The third-order valence-electron chi connectivity index (χ3n) is 3.51. The minimum absolute atomic E-state index is 0.119.